The van der Waals surface area contributed by atoms with Crippen molar-refractivity contribution >= 4 is 45.0 Å². The van der Waals surface area contributed by atoms with E-state index in [4.69, 9.17) is 9.47 Å². The number of ether oxygens (including phenoxy) is 2. The summed E-state index contributed by atoms with van der Waals surface area (Å²) in [6, 6.07) is 10.1. The number of amides is 2. The topological polar surface area (TPSA) is 131 Å². The second-order valence-corrected chi connectivity index (χ2v) is 11.6. The van der Waals surface area contributed by atoms with Gasteiger partial charge in [-0.2, -0.15) is 9.29 Å². The van der Waals surface area contributed by atoms with Gasteiger partial charge in [0, 0.05) is 39.4 Å². The second kappa shape index (κ2) is 10.2. The fraction of sp³-hybridized carbons (Fsp3) is 0.391. The average molecular weight is 532 g/mol. The Hall–Kier alpha value is -3.00. The van der Waals surface area contributed by atoms with E-state index < -0.39 is 21.2 Å². The van der Waals surface area contributed by atoms with Gasteiger partial charge in [0.25, 0.3) is 11.1 Å². The van der Waals surface area contributed by atoms with Crippen molar-refractivity contribution in [1.82, 2.24) is 19.6 Å². The first kappa shape index (κ1) is 24.7. The Morgan fingerprint density at radius 3 is 2.44 bits per heavy atom. The van der Waals surface area contributed by atoms with E-state index in [0.29, 0.717) is 55.2 Å². The van der Waals surface area contributed by atoms with Crippen LogP contribution in [-0.4, -0.2) is 80.3 Å². The van der Waals surface area contributed by atoms with Crippen molar-refractivity contribution < 1.29 is 27.5 Å². The number of aromatic nitrogens is 2. The Morgan fingerprint density at radius 2 is 1.81 bits per heavy atom. The summed E-state index contributed by atoms with van der Waals surface area (Å²) in [7, 11) is -1.96. The molecule has 3 aliphatic rings. The summed E-state index contributed by atoms with van der Waals surface area (Å²) < 4.78 is 38.4. The second-order valence-electron chi connectivity index (χ2n) is 8.68. The molecule has 1 aromatic carbocycles. The Morgan fingerprint density at radius 1 is 1.08 bits per heavy atom. The molecule has 0 radical (unpaired) electrons. The number of methoxy groups -OCH3 is 1. The number of thioether (sulfide) groups is 1. The zero-order valence-corrected chi connectivity index (χ0v) is 21.1. The summed E-state index contributed by atoms with van der Waals surface area (Å²) in [5.41, 5.74) is 0.435. The van der Waals surface area contributed by atoms with Crippen LogP contribution in [0.4, 0.5) is 10.7 Å². The number of hydrogen-bond donors (Lipinski definition) is 1. The third-order valence-electron chi connectivity index (χ3n) is 6.29. The molecule has 36 heavy (non-hydrogen) atoms. The summed E-state index contributed by atoms with van der Waals surface area (Å²) in [4.78, 5) is 35.2. The van der Waals surface area contributed by atoms with Crippen LogP contribution in [0.5, 0.6) is 5.88 Å². The smallest absolute Gasteiger partial charge is 0.290 e. The van der Waals surface area contributed by atoms with Crippen LogP contribution in [-0.2, 0) is 19.6 Å². The molecule has 0 spiro atoms. The zero-order chi connectivity index (χ0) is 25.3. The number of rotatable bonds is 8. The standard InChI is InChI=1S/C23H25N5O6S2/c1-33-7-8-34-20-10-17(9-19-21(29)26-23(30)35-19)24-22(25-20)27-11-15-13-28(14-16(15)12-27)36(31,32)18-5-3-2-4-6-18/h2-6,9-10,15-16H,7-8,11-14H2,1H3,(H,26,29,30)/b19-9+. The molecular formula is C23H25N5O6S2. The van der Waals surface area contributed by atoms with Crippen molar-refractivity contribution in [3.8, 4) is 5.88 Å². The van der Waals surface area contributed by atoms with Crippen molar-refractivity contribution in [2.45, 2.75) is 4.90 Å². The number of nitrogens with zero attached hydrogens (tertiary/aromatic N) is 4. The molecule has 13 heteroatoms. The zero-order valence-electron chi connectivity index (χ0n) is 19.5. The van der Waals surface area contributed by atoms with Crippen LogP contribution >= 0.6 is 11.8 Å². The SMILES string of the molecule is COCCOc1cc(/C=C2/SC(=O)NC2=O)nc(N2CC3CN(S(=O)(=O)c4ccccc4)CC3C2)n1. The maximum atomic E-state index is 13.0. The Balaban J connectivity index is 1.34. The molecule has 2 amide bonds. The lowest BCUT2D eigenvalue weighted by Crippen LogP contribution is -2.33. The minimum Gasteiger partial charge on any atom is -0.475 e. The lowest BCUT2D eigenvalue weighted by Gasteiger charge is -2.22. The van der Waals surface area contributed by atoms with E-state index >= 15 is 0 Å². The Labute approximate surface area is 212 Å². The highest BCUT2D eigenvalue weighted by Crippen LogP contribution is 2.36. The molecule has 2 unspecified atom stereocenters. The number of hydrogen-bond acceptors (Lipinski definition) is 10. The highest BCUT2D eigenvalue weighted by molar-refractivity contribution is 8.18. The van der Waals surface area contributed by atoms with Gasteiger partial charge in [0.1, 0.15) is 6.61 Å². The van der Waals surface area contributed by atoms with Gasteiger partial charge in [0.2, 0.25) is 21.9 Å². The number of carbonyl (C=O) groups excluding carboxylic acids is 2. The van der Waals surface area contributed by atoms with Crippen molar-refractivity contribution in [2.24, 2.45) is 11.8 Å². The number of anilines is 1. The molecule has 11 nitrogen and oxygen atoms in total. The van der Waals surface area contributed by atoms with Gasteiger partial charge in [-0.3, -0.25) is 14.9 Å². The first-order valence-corrected chi connectivity index (χ1v) is 13.6. The Bertz CT molecular complexity index is 1290. The number of benzene rings is 1. The van der Waals surface area contributed by atoms with Gasteiger partial charge in [0.05, 0.1) is 22.1 Å². The molecule has 190 valence electrons. The van der Waals surface area contributed by atoms with Gasteiger partial charge in [-0.05, 0) is 41.8 Å². The van der Waals surface area contributed by atoms with Gasteiger partial charge in [-0.1, -0.05) is 18.2 Å². The van der Waals surface area contributed by atoms with Crippen LogP contribution in [0.2, 0.25) is 0 Å². The number of sulfonamides is 1. The predicted molar refractivity (Wildman–Crippen MR) is 133 cm³/mol. The van der Waals surface area contributed by atoms with Crippen LogP contribution in [0.1, 0.15) is 5.69 Å². The van der Waals surface area contributed by atoms with E-state index in [0.717, 1.165) is 11.8 Å². The van der Waals surface area contributed by atoms with Gasteiger partial charge in [-0.15, -0.1) is 0 Å². The number of nitrogens with one attached hydrogen (secondary N) is 1. The highest BCUT2D eigenvalue weighted by atomic mass is 32.2. The summed E-state index contributed by atoms with van der Waals surface area (Å²) in [6.45, 7) is 2.71. The fourth-order valence-electron chi connectivity index (χ4n) is 4.56. The molecule has 3 aliphatic heterocycles. The van der Waals surface area contributed by atoms with Gasteiger partial charge in [0.15, 0.2) is 0 Å². The van der Waals surface area contributed by atoms with Crippen molar-refractivity contribution in [3.05, 3.63) is 47.0 Å². The highest BCUT2D eigenvalue weighted by Gasteiger charge is 2.45. The molecule has 0 bridgehead atoms. The van der Waals surface area contributed by atoms with E-state index in [1.165, 1.54) is 6.08 Å². The molecule has 3 saturated heterocycles. The quantitative estimate of drug-likeness (QED) is 0.396. The first-order valence-electron chi connectivity index (χ1n) is 11.4. The molecule has 2 aromatic rings. The maximum absolute atomic E-state index is 13.0. The minimum absolute atomic E-state index is 0.140. The molecule has 4 heterocycles. The predicted octanol–water partition coefficient (Wildman–Crippen LogP) is 1.58. The third-order valence-corrected chi connectivity index (χ3v) is 8.94. The van der Waals surface area contributed by atoms with E-state index in [9.17, 15) is 18.0 Å². The van der Waals surface area contributed by atoms with E-state index in [2.05, 4.69) is 15.3 Å². The largest absolute Gasteiger partial charge is 0.475 e. The molecule has 0 aliphatic carbocycles. The van der Waals surface area contributed by atoms with Gasteiger partial charge in [-0.25, -0.2) is 13.4 Å². The van der Waals surface area contributed by atoms with E-state index in [-0.39, 0.29) is 23.3 Å². The van der Waals surface area contributed by atoms with Crippen molar-refractivity contribution in [1.29, 1.82) is 0 Å². The van der Waals surface area contributed by atoms with Crippen LogP contribution in [0.15, 0.2) is 46.2 Å². The molecular weight excluding hydrogens is 506 g/mol. The van der Waals surface area contributed by atoms with Crippen LogP contribution in [0.3, 0.4) is 0 Å². The van der Waals surface area contributed by atoms with Gasteiger partial charge >= 0.3 is 0 Å². The third kappa shape index (κ3) is 5.09. The van der Waals surface area contributed by atoms with E-state index in [1.54, 1.807) is 47.8 Å². The van der Waals surface area contributed by atoms with E-state index in [1.807, 2.05) is 4.90 Å². The lowest BCUT2D eigenvalue weighted by atomic mass is 10.0. The molecule has 1 aromatic heterocycles. The number of carbonyl (C=O) groups is 2. The van der Waals surface area contributed by atoms with Crippen LogP contribution in [0.25, 0.3) is 6.08 Å². The summed E-state index contributed by atoms with van der Waals surface area (Å²) in [5, 5.41) is 1.80. The molecule has 3 fully saturated rings. The molecule has 1 N–H and O–H groups in total. The molecule has 2 atom stereocenters. The Kier molecular flexibility index (Phi) is 6.97. The fourth-order valence-corrected chi connectivity index (χ4v) is 6.80. The maximum Gasteiger partial charge on any atom is 0.290 e. The summed E-state index contributed by atoms with van der Waals surface area (Å²) in [6.07, 6.45) is 1.53. The lowest BCUT2D eigenvalue weighted by molar-refractivity contribution is -0.115. The minimum atomic E-state index is -3.54. The number of fused-ring (bicyclic) bond motifs is 1. The average Bonchev–Trinajstić information content (AvgIpc) is 3.53. The molecule has 5 rings (SSSR count). The molecule has 0 saturated carbocycles. The van der Waals surface area contributed by atoms with Gasteiger partial charge < -0.3 is 14.4 Å². The number of imide groups is 1. The summed E-state index contributed by atoms with van der Waals surface area (Å²) >= 11 is 0.812. The first-order chi connectivity index (χ1) is 17.3. The van der Waals surface area contributed by atoms with Crippen molar-refractivity contribution in [3.63, 3.8) is 0 Å². The summed E-state index contributed by atoms with van der Waals surface area (Å²) in [5.74, 6) is 0.561. The normalized spacial score (nSPS) is 23.4. The van der Waals surface area contributed by atoms with Crippen molar-refractivity contribution in [2.75, 3.05) is 51.4 Å². The van der Waals surface area contributed by atoms with Crippen LogP contribution in [0, 0.1) is 11.8 Å². The monoisotopic (exact) mass is 531 g/mol. The van der Waals surface area contributed by atoms with Crippen LogP contribution < -0.4 is 15.0 Å².